The van der Waals surface area contributed by atoms with Gasteiger partial charge >= 0.3 is 0 Å². The van der Waals surface area contributed by atoms with Gasteiger partial charge in [-0.1, -0.05) is 29.8 Å². The summed E-state index contributed by atoms with van der Waals surface area (Å²) in [5.74, 6) is 0.0294. The van der Waals surface area contributed by atoms with Crippen LogP contribution in [-0.4, -0.2) is 19.0 Å². The number of hydrogen-bond acceptors (Lipinski definition) is 2. The molecule has 1 atom stereocenters. The second kappa shape index (κ2) is 6.51. The fourth-order valence-corrected chi connectivity index (χ4v) is 1.49. The standard InChI is InChI=1S/C12H17ClN2O/c1-9(14-2)7-12(16)15-8-10-5-3-4-6-11(10)13/h3-6,9,14H,7-8H2,1-2H3,(H,15,16). The van der Waals surface area contributed by atoms with Gasteiger partial charge in [0.05, 0.1) is 0 Å². The topological polar surface area (TPSA) is 41.1 Å². The number of rotatable bonds is 5. The van der Waals surface area contributed by atoms with E-state index < -0.39 is 0 Å². The minimum Gasteiger partial charge on any atom is -0.352 e. The van der Waals surface area contributed by atoms with Gasteiger partial charge in [-0.3, -0.25) is 4.79 Å². The van der Waals surface area contributed by atoms with E-state index in [4.69, 9.17) is 11.6 Å². The molecule has 4 heteroatoms. The van der Waals surface area contributed by atoms with E-state index in [-0.39, 0.29) is 11.9 Å². The summed E-state index contributed by atoms with van der Waals surface area (Å²) >= 11 is 5.98. The minimum atomic E-state index is 0.0294. The maximum absolute atomic E-state index is 11.5. The Hall–Kier alpha value is -1.06. The van der Waals surface area contributed by atoms with Crippen molar-refractivity contribution in [3.05, 3.63) is 34.9 Å². The van der Waals surface area contributed by atoms with E-state index in [1.54, 1.807) is 0 Å². The minimum absolute atomic E-state index is 0.0294. The van der Waals surface area contributed by atoms with Gasteiger partial charge in [-0.15, -0.1) is 0 Å². The molecule has 0 saturated carbocycles. The molecule has 0 heterocycles. The molecule has 3 nitrogen and oxygen atoms in total. The molecule has 0 saturated heterocycles. The Morgan fingerprint density at radius 2 is 2.12 bits per heavy atom. The predicted octanol–water partition coefficient (Wildman–Crippen LogP) is 1.95. The Bertz CT molecular complexity index is 355. The summed E-state index contributed by atoms with van der Waals surface area (Å²) in [5, 5.41) is 6.54. The monoisotopic (exact) mass is 240 g/mol. The highest BCUT2D eigenvalue weighted by atomic mass is 35.5. The zero-order valence-electron chi connectivity index (χ0n) is 9.59. The molecule has 0 bridgehead atoms. The first kappa shape index (κ1) is 13.0. The van der Waals surface area contributed by atoms with Crippen molar-refractivity contribution < 1.29 is 4.79 Å². The molecule has 16 heavy (non-hydrogen) atoms. The first-order valence-corrected chi connectivity index (χ1v) is 5.68. The lowest BCUT2D eigenvalue weighted by atomic mass is 10.2. The molecule has 0 aliphatic rings. The zero-order chi connectivity index (χ0) is 12.0. The van der Waals surface area contributed by atoms with Crippen molar-refractivity contribution in [2.24, 2.45) is 0 Å². The van der Waals surface area contributed by atoms with E-state index in [9.17, 15) is 4.79 Å². The van der Waals surface area contributed by atoms with Crippen molar-refractivity contribution >= 4 is 17.5 Å². The highest BCUT2D eigenvalue weighted by molar-refractivity contribution is 6.31. The molecule has 1 unspecified atom stereocenters. The molecule has 1 aromatic carbocycles. The SMILES string of the molecule is CNC(C)CC(=O)NCc1ccccc1Cl. The van der Waals surface area contributed by atoms with Crippen LogP contribution in [0.5, 0.6) is 0 Å². The summed E-state index contributed by atoms with van der Waals surface area (Å²) in [7, 11) is 1.84. The van der Waals surface area contributed by atoms with Gasteiger partial charge in [-0.05, 0) is 25.6 Å². The summed E-state index contributed by atoms with van der Waals surface area (Å²) < 4.78 is 0. The fraction of sp³-hybridized carbons (Fsp3) is 0.417. The highest BCUT2D eigenvalue weighted by Crippen LogP contribution is 2.14. The van der Waals surface area contributed by atoms with Crippen LogP contribution in [0, 0.1) is 0 Å². The molecule has 1 rings (SSSR count). The Kier molecular flexibility index (Phi) is 5.29. The van der Waals surface area contributed by atoms with Gasteiger partial charge in [0.2, 0.25) is 5.91 Å². The van der Waals surface area contributed by atoms with Crippen LogP contribution in [0.2, 0.25) is 5.02 Å². The average molecular weight is 241 g/mol. The van der Waals surface area contributed by atoms with Crippen LogP contribution in [-0.2, 0) is 11.3 Å². The molecule has 2 N–H and O–H groups in total. The number of hydrogen-bond donors (Lipinski definition) is 2. The van der Waals surface area contributed by atoms with Crippen LogP contribution in [0.4, 0.5) is 0 Å². The van der Waals surface area contributed by atoms with Crippen molar-refractivity contribution in [2.45, 2.75) is 25.9 Å². The second-order valence-corrected chi connectivity index (χ2v) is 4.17. The van der Waals surface area contributed by atoms with E-state index in [1.165, 1.54) is 0 Å². The van der Waals surface area contributed by atoms with Gasteiger partial charge in [0.15, 0.2) is 0 Å². The Labute approximate surface area is 101 Å². The third-order valence-corrected chi connectivity index (χ3v) is 2.79. The summed E-state index contributed by atoms with van der Waals surface area (Å²) in [6.45, 7) is 2.45. The van der Waals surface area contributed by atoms with Gasteiger partial charge in [-0.2, -0.15) is 0 Å². The molecule has 0 aliphatic heterocycles. The lowest BCUT2D eigenvalue weighted by Crippen LogP contribution is -2.31. The largest absolute Gasteiger partial charge is 0.352 e. The molecule has 88 valence electrons. The molecule has 0 radical (unpaired) electrons. The lowest BCUT2D eigenvalue weighted by Gasteiger charge is -2.10. The molecule has 0 spiro atoms. The summed E-state index contributed by atoms with van der Waals surface area (Å²) in [5.41, 5.74) is 0.939. The first-order chi connectivity index (χ1) is 7.63. The van der Waals surface area contributed by atoms with Crippen LogP contribution in [0.15, 0.2) is 24.3 Å². The normalized spacial score (nSPS) is 12.2. The van der Waals surface area contributed by atoms with Gasteiger partial charge < -0.3 is 10.6 Å². The van der Waals surface area contributed by atoms with E-state index in [0.717, 1.165) is 5.56 Å². The van der Waals surface area contributed by atoms with E-state index >= 15 is 0 Å². The molecule has 1 amide bonds. The number of carbonyl (C=O) groups excluding carboxylic acids is 1. The lowest BCUT2D eigenvalue weighted by molar-refractivity contribution is -0.121. The molecular weight excluding hydrogens is 224 g/mol. The summed E-state index contributed by atoms with van der Waals surface area (Å²) in [6, 6.07) is 7.69. The second-order valence-electron chi connectivity index (χ2n) is 3.76. The van der Waals surface area contributed by atoms with Crippen LogP contribution in [0.1, 0.15) is 18.9 Å². The van der Waals surface area contributed by atoms with Crippen molar-refractivity contribution in [1.29, 1.82) is 0 Å². The molecule has 0 aromatic heterocycles. The first-order valence-electron chi connectivity index (χ1n) is 5.31. The Balaban J connectivity index is 2.40. The van der Waals surface area contributed by atoms with Crippen molar-refractivity contribution in [3.8, 4) is 0 Å². The van der Waals surface area contributed by atoms with Crippen molar-refractivity contribution in [3.63, 3.8) is 0 Å². The van der Waals surface area contributed by atoms with Crippen molar-refractivity contribution in [2.75, 3.05) is 7.05 Å². The van der Waals surface area contributed by atoms with Gasteiger partial charge in [-0.25, -0.2) is 0 Å². The Morgan fingerprint density at radius 3 is 2.75 bits per heavy atom. The van der Waals surface area contributed by atoms with E-state index in [0.29, 0.717) is 18.0 Å². The fourth-order valence-electron chi connectivity index (χ4n) is 1.29. The maximum atomic E-state index is 11.5. The number of halogens is 1. The molecule has 0 aliphatic carbocycles. The van der Waals surface area contributed by atoms with Crippen LogP contribution < -0.4 is 10.6 Å². The predicted molar refractivity (Wildman–Crippen MR) is 66.4 cm³/mol. The number of amides is 1. The highest BCUT2D eigenvalue weighted by Gasteiger charge is 2.07. The van der Waals surface area contributed by atoms with E-state index in [2.05, 4.69) is 10.6 Å². The molecule has 1 aromatic rings. The van der Waals surface area contributed by atoms with E-state index in [1.807, 2.05) is 38.2 Å². The molecule has 0 fully saturated rings. The van der Waals surface area contributed by atoms with Crippen molar-refractivity contribution in [1.82, 2.24) is 10.6 Å². The van der Waals surface area contributed by atoms with Crippen LogP contribution in [0.3, 0.4) is 0 Å². The summed E-state index contributed by atoms with van der Waals surface area (Å²) in [4.78, 5) is 11.5. The van der Waals surface area contributed by atoms with Crippen LogP contribution in [0.25, 0.3) is 0 Å². The maximum Gasteiger partial charge on any atom is 0.221 e. The molecular formula is C12H17ClN2O. The number of nitrogens with one attached hydrogen (secondary N) is 2. The number of benzene rings is 1. The van der Waals surface area contributed by atoms with Gasteiger partial charge in [0.1, 0.15) is 0 Å². The summed E-state index contributed by atoms with van der Waals surface area (Å²) in [6.07, 6.45) is 0.473. The quantitative estimate of drug-likeness (QED) is 0.826. The number of carbonyl (C=O) groups is 1. The third kappa shape index (κ3) is 4.21. The Morgan fingerprint density at radius 1 is 1.44 bits per heavy atom. The third-order valence-electron chi connectivity index (χ3n) is 2.42. The van der Waals surface area contributed by atoms with Crippen LogP contribution >= 0.6 is 11.6 Å². The van der Waals surface area contributed by atoms with Gasteiger partial charge in [0, 0.05) is 24.0 Å². The smallest absolute Gasteiger partial charge is 0.221 e. The zero-order valence-corrected chi connectivity index (χ0v) is 10.3. The average Bonchev–Trinajstić information content (AvgIpc) is 2.28. The van der Waals surface area contributed by atoms with Gasteiger partial charge in [0.25, 0.3) is 0 Å².